The largest absolute Gasteiger partial charge is 0.493 e. The van der Waals surface area contributed by atoms with E-state index < -0.39 is 6.04 Å². The summed E-state index contributed by atoms with van der Waals surface area (Å²) in [6.45, 7) is 5.78. The maximum absolute atomic E-state index is 12.9. The number of methoxy groups -OCH3 is 1. The fourth-order valence-electron chi connectivity index (χ4n) is 2.94. The summed E-state index contributed by atoms with van der Waals surface area (Å²) in [5.74, 6) is 0.615. The molecule has 0 heterocycles. The van der Waals surface area contributed by atoms with E-state index in [9.17, 15) is 9.59 Å². The van der Waals surface area contributed by atoms with Gasteiger partial charge in [-0.2, -0.15) is 0 Å². The molecule has 6 nitrogen and oxygen atoms in total. The highest BCUT2D eigenvalue weighted by atomic mass is 16.5. The molecule has 0 saturated carbocycles. The van der Waals surface area contributed by atoms with Crippen molar-refractivity contribution in [1.82, 2.24) is 10.2 Å². The Bertz CT molecular complexity index is 792. The van der Waals surface area contributed by atoms with Gasteiger partial charge >= 0.3 is 0 Å². The Morgan fingerprint density at radius 2 is 1.59 bits per heavy atom. The van der Waals surface area contributed by atoms with Crippen molar-refractivity contribution >= 4 is 11.8 Å². The summed E-state index contributed by atoms with van der Waals surface area (Å²) in [5, 5.41) is 2.87. The van der Waals surface area contributed by atoms with Crippen LogP contribution >= 0.6 is 0 Å². The van der Waals surface area contributed by atoms with E-state index in [1.165, 1.54) is 0 Å². The molecule has 0 fully saturated rings. The molecular formula is C23H30N2O4. The Hall–Kier alpha value is -3.02. The van der Waals surface area contributed by atoms with Crippen LogP contribution in [0.2, 0.25) is 0 Å². The fourth-order valence-corrected chi connectivity index (χ4v) is 2.94. The fraction of sp³-hybridized carbons (Fsp3) is 0.391. The first kappa shape index (κ1) is 22.3. The first-order chi connectivity index (χ1) is 13.9. The van der Waals surface area contributed by atoms with Crippen LogP contribution in [0.25, 0.3) is 0 Å². The Kier molecular flexibility index (Phi) is 8.52. The number of carbonyl (C=O) groups is 2. The van der Waals surface area contributed by atoms with Crippen LogP contribution in [0, 0.1) is 0 Å². The van der Waals surface area contributed by atoms with E-state index in [1.807, 2.05) is 56.3 Å². The first-order valence-electron chi connectivity index (χ1n) is 9.82. The van der Waals surface area contributed by atoms with Crippen LogP contribution in [0.3, 0.4) is 0 Å². The van der Waals surface area contributed by atoms with E-state index in [-0.39, 0.29) is 24.5 Å². The molecule has 0 bridgehead atoms. The van der Waals surface area contributed by atoms with Crippen molar-refractivity contribution in [2.75, 3.05) is 20.3 Å². The van der Waals surface area contributed by atoms with Crippen LogP contribution in [-0.4, -0.2) is 49.1 Å². The lowest BCUT2D eigenvalue weighted by atomic mass is 10.1. The van der Waals surface area contributed by atoms with Gasteiger partial charge in [0.15, 0.2) is 18.1 Å². The van der Waals surface area contributed by atoms with Gasteiger partial charge in [-0.1, -0.05) is 42.5 Å². The number of hydrogen-bond donors (Lipinski definition) is 1. The number of para-hydroxylation sites is 2. The van der Waals surface area contributed by atoms with Crippen molar-refractivity contribution in [1.29, 1.82) is 0 Å². The third kappa shape index (κ3) is 6.82. The van der Waals surface area contributed by atoms with E-state index >= 15 is 0 Å². The van der Waals surface area contributed by atoms with E-state index in [1.54, 1.807) is 31.1 Å². The Morgan fingerprint density at radius 3 is 2.21 bits per heavy atom. The summed E-state index contributed by atoms with van der Waals surface area (Å²) >= 11 is 0. The third-order valence-electron chi connectivity index (χ3n) is 4.50. The third-order valence-corrected chi connectivity index (χ3v) is 4.50. The van der Waals surface area contributed by atoms with Gasteiger partial charge < -0.3 is 19.7 Å². The molecule has 0 aliphatic rings. The smallest absolute Gasteiger partial charge is 0.261 e. The lowest BCUT2D eigenvalue weighted by Gasteiger charge is -2.29. The van der Waals surface area contributed by atoms with Gasteiger partial charge in [0.05, 0.1) is 7.11 Å². The van der Waals surface area contributed by atoms with Crippen LogP contribution in [0.15, 0.2) is 54.6 Å². The molecule has 6 heteroatoms. The molecule has 0 spiro atoms. The normalized spacial score (nSPS) is 11.6. The molecular weight excluding hydrogens is 368 g/mol. The van der Waals surface area contributed by atoms with Gasteiger partial charge in [-0.05, 0) is 44.9 Å². The van der Waals surface area contributed by atoms with Gasteiger partial charge in [-0.3, -0.25) is 9.59 Å². The number of nitrogens with one attached hydrogen (secondary N) is 1. The van der Waals surface area contributed by atoms with E-state index in [2.05, 4.69) is 5.32 Å². The number of ether oxygens (including phenoxy) is 2. The van der Waals surface area contributed by atoms with Gasteiger partial charge in [0.1, 0.15) is 6.04 Å². The quantitative estimate of drug-likeness (QED) is 0.668. The van der Waals surface area contributed by atoms with Crippen LogP contribution in [0.1, 0.15) is 26.3 Å². The van der Waals surface area contributed by atoms with Crippen LogP contribution in [-0.2, 0) is 16.0 Å². The molecule has 0 saturated heterocycles. The molecule has 0 aliphatic heterocycles. The first-order valence-corrected chi connectivity index (χ1v) is 9.82. The van der Waals surface area contributed by atoms with E-state index in [0.29, 0.717) is 24.5 Å². The predicted molar refractivity (Wildman–Crippen MR) is 113 cm³/mol. The number of carbonyl (C=O) groups excluding carboxylic acids is 2. The number of hydrogen-bond acceptors (Lipinski definition) is 4. The van der Waals surface area contributed by atoms with Gasteiger partial charge in [0.25, 0.3) is 5.91 Å². The Balaban J connectivity index is 2.09. The maximum Gasteiger partial charge on any atom is 0.261 e. The van der Waals surface area contributed by atoms with E-state index in [4.69, 9.17) is 9.47 Å². The summed E-state index contributed by atoms with van der Waals surface area (Å²) in [7, 11) is 1.55. The molecule has 2 aromatic carbocycles. The summed E-state index contributed by atoms with van der Waals surface area (Å²) in [6.07, 6.45) is 0.653. The SMILES string of the molecule is COc1ccccc1OCC(=O)N(CCc1ccccc1)[C@@H](C)C(=O)NC(C)C. The van der Waals surface area contributed by atoms with Crippen molar-refractivity contribution in [3.05, 3.63) is 60.2 Å². The maximum atomic E-state index is 12.9. The van der Waals surface area contributed by atoms with Gasteiger partial charge in [-0.25, -0.2) is 0 Å². The molecule has 0 radical (unpaired) electrons. The number of nitrogens with zero attached hydrogens (tertiary/aromatic N) is 1. The van der Waals surface area contributed by atoms with E-state index in [0.717, 1.165) is 5.56 Å². The lowest BCUT2D eigenvalue weighted by molar-refractivity contribution is -0.141. The molecule has 1 N–H and O–H groups in total. The number of rotatable bonds is 10. The van der Waals surface area contributed by atoms with Gasteiger partial charge in [0, 0.05) is 12.6 Å². The average Bonchev–Trinajstić information content (AvgIpc) is 2.72. The van der Waals surface area contributed by atoms with Crippen molar-refractivity contribution < 1.29 is 19.1 Å². The standard InChI is InChI=1S/C23H30N2O4/c1-17(2)24-23(27)18(3)25(15-14-19-10-6-5-7-11-19)22(26)16-29-21-13-9-8-12-20(21)28-4/h5-13,17-18H,14-16H2,1-4H3,(H,24,27)/t18-/m0/s1. The van der Waals surface area contributed by atoms with Crippen molar-refractivity contribution in [2.45, 2.75) is 39.3 Å². The molecule has 2 amide bonds. The molecule has 0 unspecified atom stereocenters. The molecule has 2 rings (SSSR count). The molecule has 29 heavy (non-hydrogen) atoms. The van der Waals surface area contributed by atoms with Crippen molar-refractivity contribution in [3.8, 4) is 11.5 Å². The minimum Gasteiger partial charge on any atom is -0.493 e. The zero-order valence-corrected chi connectivity index (χ0v) is 17.6. The predicted octanol–water partition coefficient (Wildman–Crippen LogP) is 3.06. The second-order valence-electron chi connectivity index (χ2n) is 7.10. The zero-order valence-electron chi connectivity index (χ0n) is 17.6. The second-order valence-corrected chi connectivity index (χ2v) is 7.10. The topological polar surface area (TPSA) is 67.9 Å². The second kappa shape index (κ2) is 11.1. The van der Waals surface area contributed by atoms with Crippen LogP contribution < -0.4 is 14.8 Å². The molecule has 1 atom stereocenters. The lowest BCUT2D eigenvalue weighted by Crippen LogP contribution is -2.51. The molecule has 0 aliphatic carbocycles. The number of benzene rings is 2. The minimum atomic E-state index is -0.602. The average molecular weight is 399 g/mol. The molecule has 0 aromatic heterocycles. The summed E-state index contributed by atoms with van der Waals surface area (Å²) in [4.78, 5) is 27.0. The highest BCUT2D eigenvalue weighted by molar-refractivity contribution is 5.88. The van der Waals surface area contributed by atoms with Gasteiger partial charge in [-0.15, -0.1) is 0 Å². The Labute approximate surface area is 172 Å². The van der Waals surface area contributed by atoms with Crippen LogP contribution in [0.4, 0.5) is 0 Å². The van der Waals surface area contributed by atoms with Crippen molar-refractivity contribution in [2.24, 2.45) is 0 Å². The minimum absolute atomic E-state index is 0.000792. The van der Waals surface area contributed by atoms with Crippen LogP contribution in [0.5, 0.6) is 11.5 Å². The molecule has 156 valence electrons. The monoisotopic (exact) mass is 398 g/mol. The summed E-state index contributed by atoms with van der Waals surface area (Å²) in [5.41, 5.74) is 1.10. The summed E-state index contributed by atoms with van der Waals surface area (Å²) < 4.78 is 10.9. The highest BCUT2D eigenvalue weighted by Crippen LogP contribution is 2.25. The zero-order chi connectivity index (χ0) is 21.2. The highest BCUT2D eigenvalue weighted by Gasteiger charge is 2.26. The molecule has 2 aromatic rings. The van der Waals surface area contributed by atoms with Gasteiger partial charge in [0.2, 0.25) is 5.91 Å². The number of amides is 2. The summed E-state index contributed by atoms with van der Waals surface area (Å²) in [6, 6.07) is 16.4. The van der Waals surface area contributed by atoms with Crippen molar-refractivity contribution in [3.63, 3.8) is 0 Å². The Morgan fingerprint density at radius 1 is 0.966 bits per heavy atom.